The molecule has 154 valence electrons. The Labute approximate surface area is 183 Å². The number of aromatic nitrogens is 4. The van der Waals surface area contributed by atoms with Crippen molar-refractivity contribution in [2.45, 2.75) is 45.2 Å². The van der Waals surface area contributed by atoms with Gasteiger partial charge in [0.25, 0.3) is 0 Å². The Hall–Kier alpha value is -2.45. The molecule has 1 amide bonds. The molecule has 1 aliphatic rings. The monoisotopic (exact) mass is 437 g/mol. The van der Waals surface area contributed by atoms with E-state index in [2.05, 4.69) is 27.4 Å². The molecule has 3 aromatic heterocycles. The van der Waals surface area contributed by atoms with Gasteiger partial charge in [-0.3, -0.25) is 9.20 Å². The maximum Gasteiger partial charge on any atom is 0.234 e. The number of fused-ring (bicyclic) bond motifs is 5. The van der Waals surface area contributed by atoms with Crippen LogP contribution in [0.15, 0.2) is 29.7 Å². The number of carbonyl (C=O) groups excluding carboxylic acids is 1. The molecule has 0 bridgehead atoms. The zero-order valence-electron chi connectivity index (χ0n) is 17.2. The normalized spacial score (nSPS) is 16.2. The van der Waals surface area contributed by atoms with Crippen molar-refractivity contribution < 1.29 is 4.79 Å². The third-order valence-electron chi connectivity index (χ3n) is 5.67. The summed E-state index contributed by atoms with van der Waals surface area (Å²) in [6, 6.07) is 6.05. The van der Waals surface area contributed by atoms with Gasteiger partial charge in [0.15, 0.2) is 10.8 Å². The van der Waals surface area contributed by atoms with Crippen molar-refractivity contribution in [1.29, 1.82) is 0 Å². The minimum Gasteiger partial charge on any atom is -0.325 e. The number of amides is 1. The number of hydrogen-bond donors (Lipinski definition) is 1. The average Bonchev–Trinajstić information content (AvgIpc) is 3.29. The highest BCUT2D eigenvalue weighted by molar-refractivity contribution is 7.99. The van der Waals surface area contributed by atoms with Gasteiger partial charge in [0.05, 0.1) is 11.1 Å². The molecule has 8 heteroatoms. The second-order valence-electron chi connectivity index (χ2n) is 8.11. The lowest BCUT2D eigenvalue weighted by Gasteiger charge is -2.17. The molecule has 0 fully saturated rings. The standard InChI is InChI=1S/C22H23N5OS2/c1-12-4-6-14(3)16(8-12)24-18(28)10-29-22-26-25-20-19-15-7-5-13(2)9-17(15)30-21(19)23-11-27(20)22/h4,6,8,11,13H,5,7,9-10H2,1-3H3,(H,24,28). The van der Waals surface area contributed by atoms with E-state index in [1.165, 1.54) is 28.6 Å². The van der Waals surface area contributed by atoms with Crippen molar-refractivity contribution in [1.82, 2.24) is 19.6 Å². The molecule has 30 heavy (non-hydrogen) atoms. The minimum atomic E-state index is -0.0543. The van der Waals surface area contributed by atoms with Crippen LogP contribution >= 0.6 is 23.1 Å². The fourth-order valence-corrected chi connectivity index (χ4v) is 6.05. The van der Waals surface area contributed by atoms with Crippen molar-refractivity contribution in [3.05, 3.63) is 46.1 Å². The van der Waals surface area contributed by atoms with Gasteiger partial charge in [0.1, 0.15) is 11.2 Å². The number of nitrogens with zero attached hydrogens (tertiary/aromatic N) is 4. The lowest BCUT2D eigenvalue weighted by molar-refractivity contribution is -0.113. The number of thioether (sulfide) groups is 1. The largest absolute Gasteiger partial charge is 0.325 e. The summed E-state index contributed by atoms with van der Waals surface area (Å²) in [5.41, 5.74) is 5.27. The molecule has 0 radical (unpaired) electrons. The number of thiophene rings is 1. The molecule has 0 saturated heterocycles. The summed E-state index contributed by atoms with van der Waals surface area (Å²) in [5.74, 6) is 0.938. The molecule has 6 nitrogen and oxygen atoms in total. The Kier molecular flexibility index (Phi) is 4.99. The fraction of sp³-hybridized carbons (Fsp3) is 0.364. The van der Waals surface area contributed by atoms with Crippen LogP contribution in [0.5, 0.6) is 0 Å². The SMILES string of the molecule is Cc1ccc(C)c(NC(=O)CSc2nnc3c4c5c(sc4ncn23)CC(C)CC5)c1. The molecule has 5 rings (SSSR count). The van der Waals surface area contributed by atoms with E-state index in [1.54, 1.807) is 17.7 Å². The summed E-state index contributed by atoms with van der Waals surface area (Å²) in [6.07, 6.45) is 5.18. The maximum atomic E-state index is 12.5. The zero-order valence-corrected chi connectivity index (χ0v) is 18.9. The van der Waals surface area contributed by atoms with Crippen LogP contribution in [-0.4, -0.2) is 31.2 Å². The number of benzene rings is 1. The quantitative estimate of drug-likeness (QED) is 0.464. The Morgan fingerprint density at radius 3 is 3.07 bits per heavy atom. The predicted molar refractivity (Wildman–Crippen MR) is 123 cm³/mol. The van der Waals surface area contributed by atoms with Crippen LogP contribution in [0.1, 0.15) is 34.9 Å². The highest BCUT2D eigenvalue weighted by Crippen LogP contribution is 2.39. The van der Waals surface area contributed by atoms with Crippen LogP contribution in [0.4, 0.5) is 5.69 Å². The van der Waals surface area contributed by atoms with Crippen molar-refractivity contribution in [3.63, 3.8) is 0 Å². The molecule has 0 spiro atoms. The number of anilines is 1. The van der Waals surface area contributed by atoms with Gasteiger partial charge in [-0.05, 0) is 61.8 Å². The van der Waals surface area contributed by atoms with Crippen molar-refractivity contribution in [2.75, 3.05) is 11.1 Å². The van der Waals surface area contributed by atoms with Gasteiger partial charge in [-0.1, -0.05) is 30.8 Å². The van der Waals surface area contributed by atoms with Gasteiger partial charge in [-0.25, -0.2) is 4.98 Å². The summed E-state index contributed by atoms with van der Waals surface area (Å²) in [4.78, 5) is 19.7. The highest BCUT2D eigenvalue weighted by Gasteiger charge is 2.24. The van der Waals surface area contributed by atoms with Crippen LogP contribution in [-0.2, 0) is 17.6 Å². The fourth-order valence-electron chi connectivity index (χ4n) is 4.01. The second kappa shape index (κ2) is 7.67. The lowest BCUT2D eigenvalue weighted by Crippen LogP contribution is -2.15. The molecule has 1 atom stereocenters. The lowest BCUT2D eigenvalue weighted by atomic mass is 9.89. The topological polar surface area (TPSA) is 72.2 Å². The van der Waals surface area contributed by atoms with Crippen molar-refractivity contribution in [2.24, 2.45) is 5.92 Å². The number of rotatable bonds is 4. The van der Waals surface area contributed by atoms with Crippen LogP contribution in [0, 0.1) is 19.8 Å². The predicted octanol–water partition coefficient (Wildman–Crippen LogP) is 4.81. The first-order valence-corrected chi connectivity index (χ1v) is 11.9. The zero-order chi connectivity index (χ0) is 20.8. The Morgan fingerprint density at radius 2 is 2.20 bits per heavy atom. The van der Waals surface area contributed by atoms with E-state index >= 15 is 0 Å². The van der Waals surface area contributed by atoms with Gasteiger partial charge < -0.3 is 5.32 Å². The number of aryl methyl sites for hydroxylation is 3. The third kappa shape index (κ3) is 3.48. The van der Waals surface area contributed by atoms with E-state index < -0.39 is 0 Å². The van der Waals surface area contributed by atoms with Gasteiger partial charge in [0.2, 0.25) is 5.91 Å². The Balaban J connectivity index is 1.38. The van der Waals surface area contributed by atoms with E-state index in [0.29, 0.717) is 5.16 Å². The molecular weight excluding hydrogens is 414 g/mol. The average molecular weight is 438 g/mol. The number of nitrogens with one attached hydrogen (secondary N) is 1. The van der Waals surface area contributed by atoms with Gasteiger partial charge in [-0.15, -0.1) is 21.5 Å². The van der Waals surface area contributed by atoms with E-state index in [4.69, 9.17) is 0 Å². The van der Waals surface area contributed by atoms with Gasteiger partial charge in [0, 0.05) is 10.6 Å². The van der Waals surface area contributed by atoms with Crippen LogP contribution in [0.3, 0.4) is 0 Å². The summed E-state index contributed by atoms with van der Waals surface area (Å²) in [7, 11) is 0. The van der Waals surface area contributed by atoms with Crippen molar-refractivity contribution in [3.8, 4) is 0 Å². The van der Waals surface area contributed by atoms with E-state index in [0.717, 1.165) is 51.4 Å². The number of carbonyl (C=O) groups is 1. The highest BCUT2D eigenvalue weighted by atomic mass is 32.2. The first-order valence-electron chi connectivity index (χ1n) is 10.1. The molecule has 1 aliphatic carbocycles. The molecule has 0 saturated carbocycles. The molecule has 1 aromatic carbocycles. The molecule has 0 aliphatic heterocycles. The van der Waals surface area contributed by atoms with Gasteiger partial charge >= 0.3 is 0 Å². The van der Waals surface area contributed by atoms with Crippen LogP contribution in [0.2, 0.25) is 0 Å². The second-order valence-corrected chi connectivity index (χ2v) is 10.1. The first kappa shape index (κ1) is 19.5. The van der Waals surface area contributed by atoms with E-state index in [-0.39, 0.29) is 11.7 Å². The molecule has 1 unspecified atom stereocenters. The maximum absolute atomic E-state index is 12.5. The summed E-state index contributed by atoms with van der Waals surface area (Å²) in [5, 5.41) is 13.7. The van der Waals surface area contributed by atoms with E-state index in [1.807, 2.05) is 36.4 Å². The van der Waals surface area contributed by atoms with Crippen LogP contribution in [0.25, 0.3) is 15.9 Å². The summed E-state index contributed by atoms with van der Waals surface area (Å²) >= 11 is 3.17. The van der Waals surface area contributed by atoms with Gasteiger partial charge in [-0.2, -0.15) is 0 Å². The smallest absolute Gasteiger partial charge is 0.234 e. The first-order chi connectivity index (χ1) is 14.5. The summed E-state index contributed by atoms with van der Waals surface area (Å²) < 4.78 is 1.92. The molecule has 1 N–H and O–H groups in total. The van der Waals surface area contributed by atoms with E-state index in [9.17, 15) is 4.79 Å². The summed E-state index contributed by atoms with van der Waals surface area (Å²) in [6.45, 7) is 6.32. The Bertz CT molecular complexity index is 1280. The molecule has 3 heterocycles. The minimum absolute atomic E-state index is 0.0543. The Morgan fingerprint density at radius 1 is 1.33 bits per heavy atom. The molecular formula is C22H23N5OS2. The third-order valence-corrected chi connectivity index (χ3v) is 7.78. The molecule has 4 aromatic rings. The van der Waals surface area contributed by atoms with Crippen LogP contribution < -0.4 is 5.32 Å². The number of hydrogen-bond acceptors (Lipinski definition) is 6. The van der Waals surface area contributed by atoms with Crippen molar-refractivity contribution >= 4 is 50.6 Å².